The third kappa shape index (κ3) is 6.94. The summed E-state index contributed by atoms with van der Waals surface area (Å²) in [7, 11) is 0. The third-order valence-corrected chi connectivity index (χ3v) is 7.59. The van der Waals surface area contributed by atoms with E-state index in [1.54, 1.807) is 0 Å². The maximum Gasteiger partial charge on any atom is 0.238 e. The summed E-state index contributed by atoms with van der Waals surface area (Å²) in [4.78, 5) is 27.1. The Morgan fingerprint density at radius 3 is 2.43 bits per heavy atom. The Bertz CT molecular complexity index is 538. The monoisotopic (exact) mass is 411 g/mol. The summed E-state index contributed by atoms with van der Waals surface area (Å²) in [6.45, 7) is 15.5. The number of thioether (sulfide) groups is 1. The Balaban J connectivity index is 1.77. The number of piperidine rings is 1. The van der Waals surface area contributed by atoms with Crippen LogP contribution in [0.5, 0.6) is 0 Å². The molecule has 0 bridgehead atoms. The van der Waals surface area contributed by atoms with Crippen molar-refractivity contribution in [1.82, 2.24) is 15.5 Å². The van der Waals surface area contributed by atoms with Crippen molar-refractivity contribution in [2.24, 2.45) is 17.3 Å². The summed E-state index contributed by atoms with van der Waals surface area (Å²) in [5, 5.41) is 6.68. The summed E-state index contributed by atoms with van der Waals surface area (Å²) in [6, 6.07) is -0.108. The number of carbonyl (C=O) groups excluding carboxylic acids is 2. The van der Waals surface area contributed by atoms with Gasteiger partial charge in [-0.25, -0.2) is 0 Å². The van der Waals surface area contributed by atoms with Gasteiger partial charge in [-0.2, -0.15) is 0 Å². The van der Waals surface area contributed by atoms with Gasteiger partial charge < -0.3 is 10.2 Å². The van der Waals surface area contributed by atoms with Gasteiger partial charge in [0.15, 0.2) is 0 Å². The molecule has 0 aromatic rings. The molecule has 2 saturated heterocycles. The van der Waals surface area contributed by atoms with E-state index >= 15 is 0 Å². The van der Waals surface area contributed by atoms with Crippen LogP contribution in [0.25, 0.3) is 0 Å². The van der Waals surface area contributed by atoms with Gasteiger partial charge in [-0.05, 0) is 36.5 Å². The Kier molecular flexibility index (Phi) is 8.26. The largest absolute Gasteiger partial charge is 0.354 e. The number of nitrogens with one attached hydrogen (secondary N) is 2. The van der Waals surface area contributed by atoms with E-state index in [0.717, 1.165) is 51.1 Å². The topological polar surface area (TPSA) is 61.4 Å². The van der Waals surface area contributed by atoms with E-state index in [2.05, 4.69) is 52.2 Å². The predicted molar refractivity (Wildman–Crippen MR) is 118 cm³/mol. The molecule has 2 rings (SSSR count). The molecule has 0 aromatic carbocycles. The molecule has 3 unspecified atom stereocenters. The maximum atomic E-state index is 12.7. The van der Waals surface area contributed by atoms with Crippen molar-refractivity contribution in [3.63, 3.8) is 0 Å². The first-order valence-electron chi connectivity index (χ1n) is 11.0. The summed E-state index contributed by atoms with van der Waals surface area (Å²) in [5.41, 5.74) is 0.264. The van der Waals surface area contributed by atoms with E-state index in [4.69, 9.17) is 0 Å². The molecule has 0 aromatic heterocycles. The van der Waals surface area contributed by atoms with Crippen molar-refractivity contribution in [2.75, 3.05) is 25.4 Å². The van der Waals surface area contributed by atoms with Crippen molar-refractivity contribution in [3.8, 4) is 0 Å². The second-order valence-corrected chi connectivity index (χ2v) is 11.6. The fraction of sp³-hybridized carbons (Fsp3) is 0.909. The van der Waals surface area contributed by atoms with Gasteiger partial charge in [-0.1, -0.05) is 48.0 Å². The molecular weight excluding hydrogens is 370 g/mol. The smallest absolute Gasteiger partial charge is 0.238 e. The number of hydrogen-bond donors (Lipinski definition) is 2. The molecule has 2 aliphatic heterocycles. The first-order valence-corrected chi connectivity index (χ1v) is 12.0. The molecule has 0 radical (unpaired) electrons. The van der Waals surface area contributed by atoms with Crippen LogP contribution in [-0.2, 0) is 9.59 Å². The van der Waals surface area contributed by atoms with Gasteiger partial charge in [0, 0.05) is 31.8 Å². The molecule has 0 aliphatic carbocycles. The number of amides is 2. The van der Waals surface area contributed by atoms with Crippen molar-refractivity contribution < 1.29 is 9.59 Å². The average Bonchev–Trinajstić information content (AvgIpc) is 3.01. The molecule has 5 nitrogen and oxygen atoms in total. The first-order chi connectivity index (χ1) is 13.0. The van der Waals surface area contributed by atoms with Crippen molar-refractivity contribution in [1.29, 1.82) is 0 Å². The van der Waals surface area contributed by atoms with Crippen LogP contribution in [0.3, 0.4) is 0 Å². The molecule has 0 saturated carbocycles. The molecule has 6 heteroatoms. The Labute approximate surface area is 176 Å². The SMILES string of the molecule is CCC(C)CNC(=O)C1CSC2(CCN(C(=O)CC(C)CC(C)(C)C)CC2)N1. The number of likely N-dealkylation sites (tertiary alicyclic amines) is 1. The van der Waals surface area contributed by atoms with Crippen LogP contribution in [0.2, 0.25) is 0 Å². The zero-order valence-electron chi connectivity index (χ0n) is 18.8. The molecule has 2 aliphatic rings. The minimum atomic E-state index is -0.108. The first kappa shape index (κ1) is 23.5. The standard InChI is InChI=1S/C22H41N3O2S/c1-7-16(2)14-23-20(27)18-15-28-22(24-18)8-10-25(11-9-22)19(26)12-17(3)13-21(4,5)6/h16-18,24H,7-15H2,1-6H3,(H,23,27). The summed E-state index contributed by atoms with van der Waals surface area (Å²) in [6.07, 6.45) is 4.64. The highest BCUT2D eigenvalue weighted by Crippen LogP contribution is 2.39. The van der Waals surface area contributed by atoms with E-state index in [1.165, 1.54) is 0 Å². The lowest BCUT2D eigenvalue weighted by Gasteiger charge is -2.39. The zero-order valence-corrected chi connectivity index (χ0v) is 19.6. The van der Waals surface area contributed by atoms with Gasteiger partial charge in [0.1, 0.15) is 0 Å². The van der Waals surface area contributed by atoms with Gasteiger partial charge in [-0.15, -0.1) is 11.8 Å². The molecule has 28 heavy (non-hydrogen) atoms. The second kappa shape index (κ2) is 9.84. The summed E-state index contributed by atoms with van der Waals surface area (Å²) in [5.74, 6) is 2.17. The van der Waals surface area contributed by atoms with Crippen molar-refractivity contribution in [2.45, 2.75) is 84.6 Å². The van der Waals surface area contributed by atoms with Crippen LogP contribution in [0.1, 0.15) is 73.6 Å². The van der Waals surface area contributed by atoms with Crippen LogP contribution in [-0.4, -0.2) is 53.0 Å². The number of rotatable bonds is 7. The van der Waals surface area contributed by atoms with Gasteiger partial charge >= 0.3 is 0 Å². The number of nitrogens with zero attached hydrogens (tertiary/aromatic N) is 1. The molecule has 2 amide bonds. The minimum Gasteiger partial charge on any atom is -0.354 e. The fourth-order valence-corrected chi connectivity index (χ4v) is 5.70. The highest BCUT2D eigenvalue weighted by atomic mass is 32.2. The fourth-order valence-electron chi connectivity index (χ4n) is 4.28. The van der Waals surface area contributed by atoms with E-state index < -0.39 is 0 Å². The normalized spacial score (nSPS) is 24.2. The second-order valence-electron chi connectivity index (χ2n) is 10.2. The van der Waals surface area contributed by atoms with Crippen LogP contribution in [0, 0.1) is 17.3 Å². The van der Waals surface area contributed by atoms with Crippen LogP contribution in [0.4, 0.5) is 0 Å². The van der Waals surface area contributed by atoms with Gasteiger partial charge in [0.2, 0.25) is 11.8 Å². The number of hydrogen-bond acceptors (Lipinski definition) is 4. The van der Waals surface area contributed by atoms with E-state index in [0.29, 0.717) is 18.3 Å². The van der Waals surface area contributed by atoms with E-state index in [1.807, 2.05) is 16.7 Å². The highest BCUT2D eigenvalue weighted by molar-refractivity contribution is 8.01. The molecule has 2 N–H and O–H groups in total. The number of carbonyl (C=O) groups is 2. The molecule has 1 spiro atoms. The minimum absolute atomic E-state index is 0.0355. The lowest BCUT2D eigenvalue weighted by Crippen LogP contribution is -2.54. The highest BCUT2D eigenvalue weighted by Gasteiger charge is 2.44. The van der Waals surface area contributed by atoms with E-state index in [9.17, 15) is 9.59 Å². The van der Waals surface area contributed by atoms with Crippen molar-refractivity contribution in [3.05, 3.63) is 0 Å². The zero-order chi connectivity index (χ0) is 20.9. The van der Waals surface area contributed by atoms with Crippen LogP contribution >= 0.6 is 11.8 Å². The lowest BCUT2D eigenvalue weighted by molar-refractivity contribution is -0.133. The predicted octanol–water partition coefficient (Wildman–Crippen LogP) is 3.63. The Hall–Kier alpha value is -0.750. The average molecular weight is 412 g/mol. The Morgan fingerprint density at radius 2 is 1.86 bits per heavy atom. The Morgan fingerprint density at radius 1 is 1.21 bits per heavy atom. The molecule has 3 atom stereocenters. The summed E-state index contributed by atoms with van der Waals surface area (Å²) < 4.78 is 0. The maximum absolute atomic E-state index is 12.7. The van der Waals surface area contributed by atoms with Crippen LogP contribution < -0.4 is 10.6 Å². The molecule has 162 valence electrons. The molecular formula is C22H41N3O2S. The van der Waals surface area contributed by atoms with Gasteiger partial charge in [0.25, 0.3) is 0 Å². The van der Waals surface area contributed by atoms with Crippen molar-refractivity contribution >= 4 is 23.6 Å². The van der Waals surface area contributed by atoms with Gasteiger partial charge in [-0.3, -0.25) is 14.9 Å². The summed E-state index contributed by atoms with van der Waals surface area (Å²) >= 11 is 1.87. The van der Waals surface area contributed by atoms with Crippen LogP contribution in [0.15, 0.2) is 0 Å². The van der Waals surface area contributed by atoms with Gasteiger partial charge in [0.05, 0.1) is 10.9 Å². The lowest BCUT2D eigenvalue weighted by atomic mass is 9.84. The molecule has 2 heterocycles. The van der Waals surface area contributed by atoms with E-state index in [-0.39, 0.29) is 28.1 Å². The molecule has 2 fully saturated rings. The quantitative estimate of drug-likeness (QED) is 0.671. The third-order valence-electron chi connectivity index (χ3n) is 6.01.